The topological polar surface area (TPSA) is 36.3 Å². The van der Waals surface area contributed by atoms with Crippen LogP contribution >= 0.6 is 0 Å². The van der Waals surface area contributed by atoms with E-state index < -0.39 is 0 Å². The number of rotatable bonds is 4. The highest BCUT2D eigenvalue weighted by Gasteiger charge is 2.09. The first-order chi connectivity index (χ1) is 7.76. The van der Waals surface area contributed by atoms with E-state index >= 15 is 0 Å². The van der Waals surface area contributed by atoms with E-state index in [2.05, 4.69) is 12.0 Å². The van der Waals surface area contributed by atoms with Crippen LogP contribution in [0.5, 0.6) is 5.75 Å². The smallest absolute Gasteiger partial charge is 0.121 e. The van der Waals surface area contributed by atoms with Crippen LogP contribution in [0.1, 0.15) is 12.5 Å². The Morgan fingerprint density at radius 3 is 2.75 bits per heavy atom. The highest BCUT2D eigenvalue weighted by Crippen LogP contribution is 2.25. The summed E-state index contributed by atoms with van der Waals surface area (Å²) in [5.74, 6) is 3.31. The molecule has 0 bridgehead atoms. The Kier molecular flexibility index (Phi) is 4.24. The molecule has 16 heavy (non-hydrogen) atoms. The monoisotopic (exact) mass is 214 g/mol. The summed E-state index contributed by atoms with van der Waals surface area (Å²) in [6.07, 6.45) is 5.30. The van der Waals surface area contributed by atoms with Crippen LogP contribution in [0.4, 0.5) is 5.69 Å². The van der Waals surface area contributed by atoms with Crippen molar-refractivity contribution in [1.29, 1.82) is 5.26 Å². The second-order valence-electron chi connectivity index (χ2n) is 3.21. The van der Waals surface area contributed by atoms with E-state index in [0.717, 1.165) is 18.0 Å². The number of ether oxygens (including phenoxy) is 1. The number of nitriles is 1. The average Bonchev–Trinajstić information content (AvgIpc) is 2.35. The number of terminal acetylenes is 1. The maximum Gasteiger partial charge on any atom is 0.121 e. The second-order valence-corrected chi connectivity index (χ2v) is 3.21. The van der Waals surface area contributed by atoms with Gasteiger partial charge in [-0.05, 0) is 19.1 Å². The Labute approximate surface area is 96.3 Å². The molecule has 0 aliphatic carbocycles. The van der Waals surface area contributed by atoms with E-state index in [9.17, 15) is 0 Å². The van der Waals surface area contributed by atoms with Gasteiger partial charge in [0.25, 0.3) is 0 Å². The number of benzene rings is 1. The predicted octanol–water partition coefficient (Wildman–Crippen LogP) is 2.03. The summed E-state index contributed by atoms with van der Waals surface area (Å²) in [4.78, 5) is 1.96. The molecule has 0 amide bonds. The Morgan fingerprint density at radius 1 is 1.50 bits per heavy atom. The first kappa shape index (κ1) is 11.9. The molecule has 1 aromatic rings. The Morgan fingerprint density at radius 2 is 2.25 bits per heavy atom. The van der Waals surface area contributed by atoms with E-state index in [4.69, 9.17) is 16.4 Å². The molecule has 0 saturated heterocycles. The zero-order valence-electron chi connectivity index (χ0n) is 9.53. The summed E-state index contributed by atoms with van der Waals surface area (Å²) >= 11 is 0. The van der Waals surface area contributed by atoms with Gasteiger partial charge in [0.2, 0.25) is 0 Å². The fraction of sp³-hybridized carbons (Fsp3) is 0.308. The Bertz CT molecular complexity index is 440. The lowest BCUT2D eigenvalue weighted by molar-refractivity contribution is 0.415. The zero-order chi connectivity index (χ0) is 12.0. The third kappa shape index (κ3) is 2.46. The lowest BCUT2D eigenvalue weighted by atomic mass is 10.1. The van der Waals surface area contributed by atoms with Crippen LogP contribution in [0.3, 0.4) is 0 Å². The van der Waals surface area contributed by atoms with Gasteiger partial charge < -0.3 is 9.64 Å². The summed E-state index contributed by atoms with van der Waals surface area (Å²) in [6, 6.07) is 7.50. The molecular weight excluding hydrogens is 200 g/mol. The third-order valence-electron chi connectivity index (χ3n) is 2.33. The van der Waals surface area contributed by atoms with Crippen LogP contribution in [-0.4, -0.2) is 20.2 Å². The molecule has 0 unspecified atom stereocenters. The molecule has 0 N–H and O–H groups in total. The predicted molar refractivity (Wildman–Crippen MR) is 64.4 cm³/mol. The minimum absolute atomic E-state index is 0.484. The summed E-state index contributed by atoms with van der Waals surface area (Å²) in [7, 11) is 1.60. The van der Waals surface area contributed by atoms with Crippen molar-refractivity contribution in [3.8, 4) is 24.2 Å². The molecule has 0 heterocycles. The zero-order valence-corrected chi connectivity index (χ0v) is 9.53. The normalized spacial score (nSPS) is 9.00. The molecule has 0 aliphatic heterocycles. The van der Waals surface area contributed by atoms with Gasteiger partial charge in [-0.15, -0.1) is 6.42 Å². The fourth-order valence-electron chi connectivity index (χ4n) is 1.47. The van der Waals surface area contributed by atoms with Gasteiger partial charge in [0.1, 0.15) is 11.8 Å². The minimum Gasteiger partial charge on any atom is -0.497 e. The molecule has 0 fully saturated rings. The summed E-state index contributed by atoms with van der Waals surface area (Å²) in [5, 5.41) is 9.03. The quantitative estimate of drug-likeness (QED) is 0.719. The molecule has 0 aromatic heterocycles. The van der Waals surface area contributed by atoms with E-state index in [1.165, 1.54) is 0 Å². The number of anilines is 1. The van der Waals surface area contributed by atoms with Crippen LogP contribution in [0.2, 0.25) is 0 Å². The highest BCUT2D eigenvalue weighted by atomic mass is 16.5. The second kappa shape index (κ2) is 5.68. The van der Waals surface area contributed by atoms with Gasteiger partial charge in [-0.25, -0.2) is 0 Å². The lowest BCUT2D eigenvalue weighted by Gasteiger charge is -2.21. The molecule has 1 rings (SSSR count). The van der Waals surface area contributed by atoms with Gasteiger partial charge in [0, 0.05) is 12.6 Å². The lowest BCUT2D eigenvalue weighted by Crippen LogP contribution is -2.23. The van der Waals surface area contributed by atoms with Gasteiger partial charge in [0.15, 0.2) is 0 Å². The minimum atomic E-state index is 0.484. The Balaban J connectivity index is 3.18. The standard InChI is InChI=1S/C13H14N2O/c1-4-8-15(5-2)13-9-12(16-3)7-6-11(13)10-14/h1,6-7,9H,5,8H2,2-3H3. The van der Waals surface area contributed by atoms with Crippen molar-refractivity contribution in [2.75, 3.05) is 25.1 Å². The molecule has 0 spiro atoms. The van der Waals surface area contributed by atoms with Gasteiger partial charge in [-0.3, -0.25) is 0 Å². The molecule has 0 atom stereocenters. The molecule has 1 aromatic carbocycles. The van der Waals surface area contributed by atoms with Crippen molar-refractivity contribution in [2.45, 2.75) is 6.92 Å². The van der Waals surface area contributed by atoms with E-state index in [-0.39, 0.29) is 0 Å². The number of hydrogen-bond acceptors (Lipinski definition) is 3. The largest absolute Gasteiger partial charge is 0.497 e. The maximum atomic E-state index is 9.03. The number of hydrogen-bond donors (Lipinski definition) is 0. The highest BCUT2D eigenvalue weighted by molar-refractivity contribution is 5.62. The molecule has 0 aliphatic rings. The van der Waals surface area contributed by atoms with E-state index in [1.54, 1.807) is 19.2 Å². The molecule has 3 nitrogen and oxygen atoms in total. The molecule has 0 saturated carbocycles. The van der Waals surface area contributed by atoms with Crippen molar-refractivity contribution < 1.29 is 4.74 Å². The van der Waals surface area contributed by atoms with Crippen LogP contribution in [-0.2, 0) is 0 Å². The first-order valence-electron chi connectivity index (χ1n) is 5.03. The first-order valence-corrected chi connectivity index (χ1v) is 5.03. The molecule has 82 valence electrons. The van der Waals surface area contributed by atoms with Crippen molar-refractivity contribution >= 4 is 5.69 Å². The van der Waals surface area contributed by atoms with Crippen molar-refractivity contribution in [1.82, 2.24) is 0 Å². The molecular formula is C13H14N2O. The van der Waals surface area contributed by atoms with E-state index in [0.29, 0.717) is 12.1 Å². The Hall–Kier alpha value is -2.13. The van der Waals surface area contributed by atoms with Crippen LogP contribution < -0.4 is 9.64 Å². The average molecular weight is 214 g/mol. The van der Waals surface area contributed by atoms with Crippen LogP contribution in [0.25, 0.3) is 0 Å². The summed E-state index contributed by atoms with van der Waals surface area (Å²) in [6.45, 7) is 3.24. The fourth-order valence-corrected chi connectivity index (χ4v) is 1.47. The van der Waals surface area contributed by atoms with Crippen molar-refractivity contribution in [2.24, 2.45) is 0 Å². The molecule has 0 radical (unpaired) electrons. The summed E-state index contributed by atoms with van der Waals surface area (Å²) < 4.78 is 5.14. The number of nitrogens with zero attached hydrogens (tertiary/aromatic N) is 2. The van der Waals surface area contributed by atoms with Gasteiger partial charge in [-0.2, -0.15) is 5.26 Å². The van der Waals surface area contributed by atoms with Crippen LogP contribution in [0.15, 0.2) is 18.2 Å². The number of methoxy groups -OCH3 is 1. The van der Waals surface area contributed by atoms with Crippen molar-refractivity contribution in [3.63, 3.8) is 0 Å². The van der Waals surface area contributed by atoms with Crippen LogP contribution in [0, 0.1) is 23.7 Å². The SMILES string of the molecule is C#CCN(CC)c1cc(OC)ccc1C#N. The third-order valence-corrected chi connectivity index (χ3v) is 2.33. The van der Waals surface area contributed by atoms with E-state index in [1.807, 2.05) is 17.9 Å². The van der Waals surface area contributed by atoms with Gasteiger partial charge in [0.05, 0.1) is 24.9 Å². The molecule has 3 heteroatoms. The van der Waals surface area contributed by atoms with Gasteiger partial charge in [-0.1, -0.05) is 5.92 Å². The van der Waals surface area contributed by atoms with Gasteiger partial charge >= 0.3 is 0 Å². The van der Waals surface area contributed by atoms with Crippen molar-refractivity contribution in [3.05, 3.63) is 23.8 Å². The summed E-state index contributed by atoms with van der Waals surface area (Å²) in [5.41, 5.74) is 1.43. The maximum absolute atomic E-state index is 9.03.